The van der Waals surface area contributed by atoms with Gasteiger partial charge in [-0.3, -0.25) is 0 Å². The van der Waals surface area contributed by atoms with Crippen LogP contribution in [0.1, 0.15) is 0 Å². The molecule has 1 aliphatic rings. The van der Waals surface area contributed by atoms with Crippen molar-refractivity contribution in [2.24, 2.45) is 0 Å². The minimum atomic E-state index is -2.55. The Bertz CT molecular complexity index is 578. The Morgan fingerprint density at radius 2 is 1.50 bits per heavy atom. The Labute approximate surface area is 109 Å². The molecule has 2 aromatic carbocycles. The van der Waals surface area contributed by atoms with E-state index in [-0.39, 0.29) is 0 Å². The van der Waals surface area contributed by atoms with E-state index < -0.39 is 6.69 Å². The van der Waals surface area contributed by atoms with E-state index in [1.54, 1.807) is 0 Å². The van der Waals surface area contributed by atoms with Crippen LogP contribution in [0.4, 0.5) is 0 Å². The number of fused-ring (bicyclic) bond motifs is 3. The molecule has 0 atom stereocenters. The van der Waals surface area contributed by atoms with Gasteiger partial charge in [0.1, 0.15) is 0 Å². The van der Waals surface area contributed by atoms with Gasteiger partial charge >= 0.3 is 6.69 Å². The van der Waals surface area contributed by atoms with Crippen molar-refractivity contribution in [3.05, 3.63) is 47.5 Å². The minimum Gasteiger partial charge on any atom is -0.134 e. The molecule has 4 heteroatoms. The molecule has 0 saturated carbocycles. The van der Waals surface area contributed by atoms with E-state index in [9.17, 15) is 0 Å². The van der Waals surface area contributed by atoms with E-state index in [0.29, 0.717) is 5.02 Å². The van der Waals surface area contributed by atoms with Crippen molar-refractivity contribution in [3.63, 3.8) is 0 Å². The number of rotatable bonds is 0. The van der Waals surface area contributed by atoms with Gasteiger partial charge in [-0.1, -0.05) is 41.9 Å². The minimum absolute atomic E-state index is 0.685. The summed E-state index contributed by atoms with van der Waals surface area (Å²) in [6, 6.07) is 13.8. The van der Waals surface area contributed by atoms with Crippen LogP contribution in [0.15, 0.2) is 42.5 Å². The van der Waals surface area contributed by atoms with Gasteiger partial charge in [0.25, 0.3) is 0 Å². The Morgan fingerprint density at radius 1 is 0.812 bits per heavy atom. The van der Waals surface area contributed by atoms with Crippen LogP contribution in [0.2, 0.25) is 5.02 Å². The van der Waals surface area contributed by atoms with E-state index >= 15 is 0 Å². The maximum Gasteiger partial charge on any atom is 0.311 e. The third kappa shape index (κ3) is 1.36. The third-order valence-electron chi connectivity index (χ3n) is 2.88. The highest BCUT2D eigenvalue weighted by molar-refractivity contribution is 7.57. The van der Waals surface area contributed by atoms with Crippen molar-refractivity contribution in [1.82, 2.24) is 0 Å². The molecule has 0 aromatic heterocycles. The fourth-order valence-electron chi connectivity index (χ4n) is 2.15. The first-order valence-electron chi connectivity index (χ1n) is 4.88. The zero-order valence-electron chi connectivity index (χ0n) is 8.18. The molecule has 1 heterocycles. The summed E-state index contributed by atoms with van der Waals surface area (Å²) in [5.74, 6) is 0. The quantitative estimate of drug-likeness (QED) is 0.514. The van der Waals surface area contributed by atoms with Gasteiger partial charge in [-0.15, -0.1) is 22.2 Å². The van der Waals surface area contributed by atoms with Crippen molar-refractivity contribution >= 4 is 50.8 Å². The van der Waals surface area contributed by atoms with Gasteiger partial charge in [-0.2, -0.15) is 0 Å². The van der Waals surface area contributed by atoms with Crippen LogP contribution >= 0.6 is 33.8 Å². The second-order valence-electron chi connectivity index (χ2n) is 3.81. The fraction of sp³-hybridized carbons (Fsp3) is 0. The molecule has 16 heavy (non-hydrogen) atoms. The van der Waals surface area contributed by atoms with Crippen LogP contribution in [0.25, 0.3) is 11.1 Å². The monoisotopic (exact) mass is 284 g/mol. The van der Waals surface area contributed by atoms with Crippen LogP contribution in [0.5, 0.6) is 0 Å². The van der Waals surface area contributed by atoms with E-state index in [4.69, 9.17) is 33.8 Å². The van der Waals surface area contributed by atoms with Crippen LogP contribution < -0.4 is 10.4 Å². The summed E-state index contributed by atoms with van der Waals surface area (Å²) in [6.07, 6.45) is 0. The lowest BCUT2D eigenvalue weighted by Crippen LogP contribution is -2.44. The molecule has 0 fully saturated rings. The molecule has 0 saturated heterocycles. The lowest BCUT2D eigenvalue weighted by Gasteiger charge is -2.12. The maximum atomic E-state index is 6.55. The Hall–Kier alpha value is -0.473. The highest BCUT2D eigenvalue weighted by Gasteiger charge is 2.43. The van der Waals surface area contributed by atoms with Crippen LogP contribution in [0, 0.1) is 0 Å². The lowest BCUT2D eigenvalue weighted by atomic mass is 10.1. The second-order valence-corrected chi connectivity index (χ2v) is 10.5. The first-order valence-corrected chi connectivity index (χ1v) is 9.28. The summed E-state index contributed by atoms with van der Waals surface area (Å²) in [5, 5.41) is 2.75. The van der Waals surface area contributed by atoms with Crippen molar-refractivity contribution in [3.8, 4) is 11.1 Å². The maximum absolute atomic E-state index is 6.55. The van der Waals surface area contributed by atoms with Gasteiger partial charge in [0.2, 0.25) is 0 Å². The van der Waals surface area contributed by atoms with Crippen molar-refractivity contribution in [2.75, 3.05) is 0 Å². The highest BCUT2D eigenvalue weighted by Crippen LogP contribution is 2.33. The predicted molar refractivity (Wildman–Crippen MR) is 73.6 cm³/mol. The Kier molecular flexibility index (Phi) is 2.34. The van der Waals surface area contributed by atoms with E-state index in [0.717, 1.165) is 21.5 Å². The summed E-state index contributed by atoms with van der Waals surface area (Å²) in [5.41, 5.74) is 2.27. The Balaban J connectivity index is 2.39. The summed E-state index contributed by atoms with van der Waals surface area (Å²) >= 11 is 19.1. The molecular weight excluding hydrogens is 279 g/mol. The van der Waals surface area contributed by atoms with Gasteiger partial charge in [0, 0.05) is 5.02 Å². The molecule has 1 aliphatic heterocycles. The van der Waals surface area contributed by atoms with Crippen LogP contribution in [0.3, 0.4) is 0 Å². The zero-order valence-corrected chi connectivity index (χ0v) is 11.4. The molecular formula is C12H7Cl3Si. The zero-order chi connectivity index (χ0) is 11.3. The second kappa shape index (κ2) is 3.51. The molecule has 80 valence electrons. The average molecular weight is 286 g/mol. The SMILES string of the molecule is Clc1ccc2c(c1)[Si](Cl)(Cl)c1ccccc1-2. The van der Waals surface area contributed by atoms with Gasteiger partial charge < -0.3 is 0 Å². The van der Waals surface area contributed by atoms with Crippen LogP contribution in [-0.2, 0) is 0 Å². The summed E-state index contributed by atoms with van der Waals surface area (Å²) in [7, 11) is 0. The summed E-state index contributed by atoms with van der Waals surface area (Å²) < 4.78 is 0. The highest BCUT2D eigenvalue weighted by atomic mass is 35.7. The first-order chi connectivity index (χ1) is 7.60. The first kappa shape index (κ1) is 10.7. The predicted octanol–water partition coefficient (Wildman–Crippen LogP) is 3.35. The molecule has 0 spiro atoms. The van der Waals surface area contributed by atoms with Gasteiger partial charge in [-0.25, -0.2) is 0 Å². The molecule has 0 N–H and O–H groups in total. The lowest BCUT2D eigenvalue weighted by molar-refractivity contribution is 1.71. The fourth-order valence-corrected chi connectivity index (χ4v) is 6.38. The molecule has 3 rings (SSSR count). The van der Waals surface area contributed by atoms with Crippen molar-refractivity contribution in [2.45, 2.75) is 0 Å². The molecule has 0 unspecified atom stereocenters. The van der Waals surface area contributed by atoms with Crippen molar-refractivity contribution < 1.29 is 0 Å². The third-order valence-corrected chi connectivity index (χ3v) is 7.76. The van der Waals surface area contributed by atoms with Gasteiger partial charge in [0.15, 0.2) is 0 Å². The summed E-state index contributed by atoms with van der Waals surface area (Å²) in [4.78, 5) is 0. The topological polar surface area (TPSA) is 0 Å². The smallest absolute Gasteiger partial charge is 0.134 e. The Morgan fingerprint density at radius 3 is 2.31 bits per heavy atom. The largest absolute Gasteiger partial charge is 0.311 e. The number of hydrogen-bond acceptors (Lipinski definition) is 0. The standard InChI is InChI=1S/C12H7Cl3Si/c13-8-5-6-10-9-3-1-2-4-11(9)16(14,15)12(10)7-8/h1-7H. The van der Waals surface area contributed by atoms with Crippen molar-refractivity contribution in [1.29, 1.82) is 0 Å². The van der Waals surface area contributed by atoms with Gasteiger partial charge in [0.05, 0.1) is 0 Å². The molecule has 0 bridgehead atoms. The van der Waals surface area contributed by atoms with Gasteiger partial charge in [-0.05, 0) is 33.6 Å². The number of hydrogen-bond donors (Lipinski definition) is 0. The normalized spacial score (nSPS) is 15.7. The average Bonchev–Trinajstić information content (AvgIpc) is 2.49. The van der Waals surface area contributed by atoms with E-state index in [2.05, 4.69) is 6.07 Å². The van der Waals surface area contributed by atoms with Crippen LogP contribution in [-0.4, -0.2) is 6.69 Å². The number of benzene rings is 2. The van der Waals surface area contributed by atoms with E-state index in [1.165, 1.54) is 0 Å². The molecule has 2 aromatic rings. The number of halogens is 3. The molecule has 0 radical (unpaired) electrons. The van der Waals surface area contributed by atoms with E-state index in [1.807, 2.05) is 36.4 Å². The molecule has 0 aliphatic carbocycles. The summed E-state index contributed by atoms with van der Waals surface area (Å²) in [6.45, 7) is -2.55. The molecule has 0 nitrogen and oxygen atoms in total. The molecule has 0 amide bonds.